The molecule has 1 aromatic carbocycles. The van der Waals surface area contributed by atoms with Gasteiger partial charge in [-0.2, -0.15) is 0 Å². The van der Waals surface area contributed by atoms with Crippen molar-refractivity contribution in [1.82, 2.24) is 10.2 Å². The third kappa shape index (κ3) is 5.55. The summed E-state index contributed by atoms with van der Waals surface area (Å²) in [7, 11) is 0. The second-order valence-corrected chi connectivity index (χ2v) is 8.72. The molecule has 132 valence electrons. The van der Waals surface area contributed by atoms with Crippen molar-refractivity contribution >= 4 is 23.6 Å². The molecule has 1 heterocycles. The van der Waals surface area contributed by atoms with Crippen molar-refractivity contribution in [3.05, 3.63) is 35.4 Å². The van der Waals surface area contributed by atoms with Gasteiger partial charge in [0.05, 0.1) is 5.25 Å². The minimum atomic E-state index is -0.205. The fraction of sp³-hybridized carbons (Fsp3) is 0.579. The zero-order valence-electron chi connectivity index (χ0n) is 15.1. The molecule has 0 bridgehead atoms. The molecule has 0 aromatic heterocycles. The van der Waals surface area contributed by atoms with Gasteiger partial charge in [0.2, 0.25) is 5.91 Å². The first-order valence-corrected chi connectivity index (χ1v) is 9.63. The smallest absolute Gasteiger partial charge is 0.253 e. The van der Waals surface area contributed by atoms with Gasteiger partial charge in [0.15, 0.2) is 0 Å². The molecular formula is C19H28N2O2S. The maximum atomic E-state index is 12.3. The third-order valence-electron chi connectivity index (χ3n) is 3.96. The first-order chi connectivity index (χ1) is 11.3. The number of benzene rings is 1. The summed E-state index contributed by atoms with van der Waals surface area (Å²) < 4.78 is 0. The first-order valence-electron chi connectivity index (χ1n) is 8.58. The van der Waals surface area contributed by atoms with Gasteiger partial charge in [-0.3, -0.25) is 9.59 Å². The molecule has 1 saturated heterocycles. The number of nitrogens with zero attached hydrogens (tertiary/aromatic N) is 1. The lowest BCUT2D eigenvalue weighted by Crippen LogP contribution is -2.44. The highest BCUT2D eigenvalue weighted by atomic mass is 32.2. The minimum absolute atomic E-state index is 0.0633. The molecule has 2 amide bonds. The average Bonchev–Trinajstić information content (AvgIpc) is 3.05. The summed E-state index contributed by atoms with van der Waals surface area (Å²) in [4.78, 5) is 26.3. The van der Waals surface area contributed by atoms with E-state index in [1.165, 1.54) is 0 Å². The molecule has 1 aliphatic heterocycles. The quantitative estimate of drug-likeness (QED) is 0.886. The number of thioether (sulfide) groups is 1. The molecule has 0 spiro atoms. The van der Waals surface area contributed by atoms with Gasteiger partial charge in [-0.05, 0) is 58.2 Å². The molecule has 1 aromatic rings. The maximum absolute atomic E-state index is 12.3. The molecule has 0 radical (unpaired) electrons. The first kappa shape index (κ1) is 18.8. The summed E-state index contributed by atoms with van der Waals surface area (Å²) in [5, 5.41) is 2.90. The second-order valence-electron chi connectivity index (χ2n) is 7.39. The fourth-order valence-electron chi connectivity index (χ4n) is 2.61. The van der Waals surface area contributed by atoms with Crippen molar-refractivity contribution in [1.29, 1.82) is 0 Å². The Labute approximate surface area is 149 Å². The SMILES string of the molecule is C[C@@H](SCc1ccc(C(=O)N2CCCC2)cc1)C(=O)NC(C)(C)C. The highest BCUT2D eigenvalue weighted by Gasteiger charge is 2.20. The van der Waals surface area contributed by atoms with Crippen LogP contribution in [0.25, 0.3) is 0 Å². The van der Waals surface area contributed by atoms with E-state index in [1.54, 1.807) is 11.8 Å². The summed E-state index contributed by atoms with van der Waals surface area (Å²) in [6.07, 6.45) is 2.21. The van der Waals surface area contributed by atoms with Crippen LogP contribution in [-0.2, 0) is 10.5 Å². The Morgan fingerprint density at radius 3 is 2.29 bits per heavy atom. The van der Waals surface area contributed by atoms with Gasteiger partial charge in [-0.15, -0.1) is 11.8 Å². The summed E-state index contributed by atoms with van der Waals surface area (Å²) in [6, 6.07) is 7.78. The predicted molar refractivity (Wildman–Crippen MR) is 100 cm³/mol. The van der Waals surface area contributed by atoms with Crippen LogP contribution in [0.2, 0.25) is 0 Å². The molecule has 1 N–H and O–H groups in total. The number of rotatable bonds is 5. The van der Waals surface area contributed by atoms with Crippen LogP contribution >= 0.6 is 11.8 Å². The van der Waals surface area contributed by atoms with Crippen molar-refractivity contribution in [3.63, 3.8) is 0 Å². The normalized spacial score (nSPS) is 16.1. The maximum Gasteiger partial charge on any atom is 0.253 e. The Bertz CT molecular complexity index is 572. The highest BCUT2D eigenvalue weighted by molar-refractivity contribution is 7.99. The predicted octanol–water partition coefficient (Wildman–Crippen LogP) is 3.46. The van der Waals surface area contributed by atoms with E-state index in [2.05, 4.69) is 5.32 Å². The van der Waals surface area contributed by atoms with Gasteiger partial charge in [0.25, 0.3) is 5.91 Å². The van der Waals surface area contributed by atoms with E-state index in [9.17, 15) is 9.59 Å². The van der Waals surface area contributed by atoms with E-state index in [-0.39, 0.29) is 22.6 Å². The Hall–Kier alpha value is -1.49. The van der Waals surface area contributed by atoms with Crippen LogP contribution in [0.3, 0.4) is 0 Å². The van der Waals surface area contributed by atoms with E-state index >= 15 is 0 Å². The van der Waals surface area contributed by atoms with Crippen molar-refractivity contribution in [3.8, 4) is 0 Å². The molecule has 2 rings (SSSR count). The lowest BCUT2D eigenvalue weighted by Gasteiger charge is -2.23. The number of hydrogen-bond donors (Lipinski definition) is 1. The molecule has 4 nitrogen and oxygen atoms in total. The monoisotopic (exact) mass is 348 g/mol. The summed E-state index contributed by atoms with van der Waals surface area (Å²) in [5.74, 6) is 0.953. The Balaban J connectivity index is 1.85. The summed E-state index contributed by atoms with van der Waals surface area (Å²) in [6.45, 7) is 9.62. The number of amides is 2. The van der Waals surface area contributed by atoms with Crippen LogP contribution in [-0.4, -0.2) is 40.6 Å². The zero-order valence-corrected chi connectivity index (χ0v) is 15.9. The highest BCUT2D eigenvalue weighted by Crippen LogP contribution is 2.20. The van der Waals surface area contributed by atoms with Crippen molar-refractivity contribution in [2.24, 2.45) is 0 Å². The topological polar surface area (TPSA) is 49.4 Å². The van der Waals surface area contributed by atoms with Gasteiger partial charge in [-0.25, -0.2) is 0 Å². The molecule has 0 saturated carbocycles. The van der Waals surface area contributed by atoms with Crippen LogP contribution in [0.1, 0.15) is 56.5 Å². The van der Waals surface area contributed by atoms with E-state index in [0.717, 1.165) is 42.8 Å². The molecule has 0 unspecified atom stereocenters. The van der Waals surface area contributed by atoms with E-state index in [1.807, 2.05) is 56.9 Å². The van der Waals surface area contributed by atoms with Gasteiger partial charge in [-0.1, -0.05) is 12.1 Å². The molecule has 1 atom stereocenters. The lowest BCUT2D eigenvalue weighted by atomic mass is 10.1. The Kier molecular flexibility index (Phi) is 6.33. The van der Waals surface area contributed by atoms with Crippen molar-refractivity contribution in [2.45, 2.75) is 57.1 Å². The lowest BCUT2D eigenvalue weighted by molar-refractivity contribution is -0.121. The number of carbonyl (C=O) groups is 2. The Morgan fingerprint density at radius 1 is 1.17 bits per heavy atom. The van der Waals surface area contributed by atoms with Crippen molar-refractivity contribution in [2.75, 3.05) is 13.1 Å². The summed E-state index contributed by atoms with van der Waals surface area (Å²) >= 11 is 1.61. The van der Waals surface area contributed by atoms with Crippen LogP contribution in [0.15, 0.2) is 24.3 Å². The molecule has 5 heteroatoms. The largest absolute Gasteiger partial charge is 0.351 e. The van der Waals surface area contributed by atoms with Gasteiger partial charge >= 0.3 is 0 Å². The van der Waals surface area contributed by atoms with Crippen LogP contribution in [0.5, 0.6) is 0 Å². The average molecular weight is 349 g/mol. The molecule has 24 heavy (non-hydrogen) atoms. The van der Waals surface area contributed by atoms with Gasteiger partial charge in [0.1, 0.15) is 0 Å². The number of carbonyl (C=O) groups excluding carboxylic acids is 2. The number of nitrogens with one attached hydrogen (secondary N) is 1. The minimum Gasteiger partial charge on any atom is -0.351 e. The van der Waals surface area contributed by atoms with E-state index in [0.29, 0.717) is 0 Å². The van der Waals surface area contributed by atoms with Crippen LogP contribution in [0, 0.1) is 0 Å². The van der Waals surface area contributed by atoms with Gasteiger partial charge in [0, 0.05) is 29.9 Å². The van der Waals surface area contributed by atoms with Crippen molar-refractivity contribution < 1.29 is 9.59 Å². The molecular weight excluding hydrogens is 320 g/mol. The third-order valence-corrected chi connectivity index (χ3v) is 5.18. The molecule has 1 aliphatic rings. The standard InChI is InChI=1S/C19H28N2O2S/c1-14(17(22)20-19(2,3)4)24-13-15-7-9-16(10-8-15)18(23)21-11-5-6-12-21/h7-10,14H,5-6,11-13H2,1-4H3,(H,20,22)/t14-/m1/s1. The number of hydrogen-bond acceptors (Lipinski definition) is 3. The molecule has 0 aliphatic carbocycles. The second kappa shape index (κ2) is 8.06. The van der Waals surface area contributed by atoms with E-state index in [4.69, 9.17) is 0 Å². The Morgan fingerprint density at radius 2 is 1.75 bits per heavy atom. The van der Waals surface area contributed by atoms with Crippen LogP contribution in [0.4, 0.5) is 0 Å². The number of likely N-dealkylation sites (tertiary alicyclic amines) is 1. The van der Waals surface area contributed by atoms with Crippen LogP contribution < -0.4 is 5.32 Å². The zero-order chi connectivity index (χ0) is 17.7. The fourth-order valence-corrected chi connectivity index (χ4v) is 3.46. The summed E-state index contributed by atoms with van der Waals surface area (Å²) in [5.41, 5.74) is 1.68. The molecule has 1 fully saturated rings. The van der Waals surface area contributed by atoms with Gasteiger partial charge < -0.3 is 10.2 Å². The van der Waals surface area contributed by atoms with E-state index < -0.39 is 0 Å².